The van der Waals surface area contributed by atoms with Gasteiger partial charge in [-0.05, 0) is 43.6 Å². The molecule has 0 spiro atoms. The number of rotatable bonds is 4. The first-order chi connectivity index (χ1) is 14.6. The fraction of sp³-hybridized carbons (Fsp3) is 0.600. The van der Waals surface area contributed by atoms with Gasteiger partial charge in [-0.25, -0.2) is 13.6 Å². The summed E-state index contributed by atoms with van der Waals surface area (Å²) in [6, 6.07) is -0.452. The maximum atomic E-state index is 14.7. The highest BCUT2D eigenvalue weighted by atomic mass is 35.5. The molecular weight excluding hydrogens is 445 g/mol. The second-order valence-corrected chi connectivity index (χ2v) is 8.81. The smallest absolute Gasteiger partial charge is 0.353 e. The third-order valence-electron chi connectivity index (χ3n) is 6.37. The number of urea groups is 1. The van der Waals surface area contributed by atoms with Gasteiger partial charge in [0.2, 0.25) is 5.91 Å². The van der Waals surface area contributed by atoms with Crippen molar-refractivity contribution in [2.45, 2.75) is 43.9 Å². The number of hydrogen-bond donors (Lipinski definition) is 2. The summed E-state index contributed by atoms with van der Waals surface area (Å²) < 4.78 is 67.3. The molecule has 31 heavy (non-hydrogen) atoms. The van der Waals surface area contributed by atoms with Crippen molar-refractivity contribution in [2.24, 2.45) is 17.8 Å². The number of nitrogens with one attached hydrogen (secondary N) is 2. The molecule has 1 aliphatic heterocycles. The molecule has 1 heterocycles. The molecule has 0 bridgehead atoms. The average molecular weight is 466 g/mol. The molecule has 2 saturated carbocycles. The standard InChI is InChI=1S/C20H21ClF5N3O2/c21-14-13(22)4-3-12(15(14)23)16(10-7-11(8-10)20(24,25)26)28-19(31)29-6-5-27-18(30)17(29)9-1-2-9/h3-4,9-11,16-17H,1-2,5-8H2,(H,27,30)(H,28,31)/t10?,11?,16?,17-/m0/s1. The van der Waals surface area contributed by atoms with Crippen LogP contribution in [-0.2, 0) is 4.79 Å². The highest BCUT2D eigenvalue weighted by molar-refractivity contribution is 6.31. The number of piperazine rings is 1. The largest absolute Gasteiger partial charge is 0.391 e. The topological polar surface area (TPSA) is 61.4 Å². The molecule has 0 aromatic heterocycles. The normalized spacial score (nSPS) is 27.4. The number of amides is 3. The van der Waals surface area contributed by atoms with Crippen molar-refractivity contribution in [3.8, 4) is 0 Å². The van der Waals surface area contributed by atoms with Gasteiger partial charge < -0.3 is 15.5 Å². The van der Waals surface area contributed by atoms with Crippen LogP contribution in [-0.4, -0.2) is 42.1 Å². The van der Waals surface area contributed by atoms with Crippen molar-refractivity contribution in [3.63, 3.8) is 0 Å². The minimum atomic E-state index is -4.38. The summed E-state index contributed by atoms with van der Waals surface area (Å²) in [6.45, 7) is 0.477. The lowest BCUT2D eigenvalue weighted by molar-refractivity contribution is -0.206. The summed E-state index contributed by atoms with van der Waals surface area (Å²) in [4.78, 5) is 26.7. The summed E-state index contributed by atoms with van der Waals surface area (Å²) in [5, 5.41) is 4.54. The van der Waals surface area contributed by atoms with Crippen LogP contribution in [0.25, 0.3) is 0 Å². The van der Waals surface area contributed by atoms with Gasteiger partial charge >= 0.3 is 12.2 Å². The summed E-state index contributed by atoms with van der Waals surface area (Å²) in [7, 11) is 0. The van der Waals surface area contributed by atoms with Crippen LogP contribution in [0.4, 0.5) is 26.7 Å². The summed E-state index contributed by atoms with van der Waals surface area (Å²) in [5.41, 5.74) is -0.171. The first-order valence-electron chi connectivity index (χ1n) is 10.1. The van der Waals surface area contributed by atoms with Gasteiger partial charge in [-0.15, -0.1) is 0 Å². The van der Waals surface area contributed by atoms with Gasteiger partial charge in [0, 0.05) is 18.7 Å². The predicted molar refractivity (Wildman–Crippen MR) is 101 cm³/mol. The van der Waals surface area contributed by atoms with E-state index < -0.39 is 52.8 Å². The van der Waals surface area contributed by atoms with Crippen molar-refractivity contribution in [2.75, 3.05) is 13.1 Å². The molecular formula is C20H21ClF5N3O2. The van der Waals surface area contributed by atoms with Crippen molar-refractivity contribution >= 4 is 23.5 Å². The highest BCUT2D eigenvalue weighted by Gasteiger charge is 2.51. The Balaban J connectivity index is 1.58. The van der Waals surface area contributed by atoms with E-state index in [1.807, 2.05) is 0 Å². The van der Waals surface area contributed by atoms with E-state index in [1.54, 1.807) is 0 Å². The van der Waals surface area contributed by atoms with Gasteiger partial charge in [-0.3, -0.25) is 4.79 Å². The van der Waals surface area contributed by atoms with Gasteiger partial charge in [0.05, 0.1) is 12.0 Å². The lowest BCUT2D eigenvalue weighted by Crippen LogP contribution is -2.61. The van der Waals surface area contributed by atoms with E-state index >= 15 is 0 Å². The Morgan fingerprint density at radius 2 is 1.90 bits per heavy atom. The lowest BCUT2D eigenvalue weighted by Gasteiger charge is -2.43. The van der Waals surface area contributed by atoms with Gasteiger partial charge in [0.15, 0.2) is 0 Å². The Hall–Kier alpha value is -2.10. The number of carbonyl (C=O) groups excluding carboxylic acids is 2. The predicted octanol–water partition coefficient (Wildman–Crippen LogP) is 4.17. The molecule has 3 amide bonds. The van der Waals surface area contributed by atoms with Crippen LogP contribution in [0.15, 0.2) is 12.1 Å². The number of halogens is 6. The molecule has 1 aromatic rings. The number of carbonyl (C=O) groups is 2. The molecule has 2 N–H and O–H groups in total. The maximum absolute atomic E-state index is 14.7. The van der Waals surface area contributed by atoms with Crippen LogP contribution in [0.5, 0.6) is 0 Å². The molecule has 2 aliphatic carbocycles. The van der Waals surface area contributed by atoms with Crippen molar-refractivity contribution in [1.29, 1.82) is 0 Å². The zero-order valence-electron chi connectivity index (χ0n) is 16.3. The van der Waals surface area contributed by atoms with Crippen LogP contribution in [0.1, 0.15) is 37.3 Å². The zero-order valence-corrected chi connectivity index (χ0v) is 17.1. The summed E-state index contributed by atoms with van der Waals surface area (Å²) in [5.74, 6) is -4.62. The zero-order chi connectivity index (χ0) is 22.5. The maximum Gasteiger partial charge on any atom is 0.391 e. The molecule has 1 aromatic carbocycles. The molecule has 1 saturated heterocycles. The fourth-order valence-corrected chi connectivity index (χ4v) is 4.61. The average Bonchev–Trinajstić information content (AvgIpc) is 3.48. The van der Waals surface area contributed by atoms with Crippen molar-refractivity contribution in [1.82, 2.24) is 15.5 Å². The van der Waals surface area contributed by atoms with Crippen molar-refractivity contribution in [3.05, 3.63) is 34.4 Å². The Morgan fingerprint density at radius 1 is 1.23 bits per heavy atom. The fourth-order valence-electron chi connectivity index (χ4n) is 4.44. The van der Waals surface area contributed by atoms with E-state index in [0.29, 0.717) is 0 Å². The van der Waals surface area contributed by atoms with Gasteiger partial charge in [0.25, 0.3) is 0 Å². The van der Waals surface area contributed by atoms with E-state index in [1.165, 1.54) is 4.90 Å². The number of nitrogens with zero attached hydrogens (tertiary/aromatic N) is 1. The third-order valence-corrected chi connectivity index (χ3v) is 6.72. The summed E-state index contributed by atoms with van der Waals surface area (Å²) in [6.07, 6.45) is -3.39. The summed E-state index contributed by atoms with van der Waals surface area (Å²) >= 11 is 5.67. The molecule has 0 radical (unpaired) electrons. The second-order valence-electron chi connectivity index (χ2n) is 8.43. The van der Waals surface area contributed by atoms with Gasteiger partial charge in [-0.2, -0.15) is 13.2 Å². The Kier molecular flexibility index (Phi) is 5.78. The molecule has 170 valence electrons. The lowest BCUT2D eigenvalue weighted by atomic mass is 9.69. The first kappa shape index (κ1) is 22.1. The van der Waals surface area contributed by atoms with Gasteiger partial charge in [0.1, 0.15) is 22.7 Å². The Bertz CT molecular complexity index is 886. The van der Waals surface area contributed by atoms with Crippen LogP contribution in [0.2, 0.25) is 5.02 Å². The highest BCUT2D eigenvalue weighted by Crippen LogP contribution is 2.50. The monoisotopic (exact) mass is 465 g/mol. The van der Waals surface area contributed by atoms with Crippen LogP contribution < -0.4 is 10.6 Å². The third kappa shape index (κ3) is 4.31. The van der Waals surface area contributed by atoms with Crippen LogP contribution >= 0.6 is 11.6 Å². The number of hydrogen-bond acceptors (Lipinski definition) is 2. The number of benzene rings is 1. The first-order valence-corrected chi connectivity index (χ1v) is 10.5. The molecule has 3 fully saturated rings. The molecule has 3 aliphatic rings. The van der Waals surface area contributed by atoms with E-state index in [2.05, 4.69) is 10.6 Å². The van der Waals surface area contributed by atoms with Gasteiger partial charge in [-0.1, -0.05) is 17.7 Å². The Labute approximate surface area is 180 Å². The van der Waals surface area contributed by atoms with E-state index in [0.717, 1.165) is 25.0 Å². The SMILES string of the molecule is O=C1NCCN(C(=O)NC(c2ccc(F)c(Cl)c2F)C2CC(C(F)(F)F)C2)[C@H]1C1CC1. The number of alkyl halides is 3. The molecule has 11 heteroatoms. The van der Waals surface area contributed by atoms with E-state index in [4.69, 9.17) is 11.6 Å². The van der Waals surface area contributed by atoms with Crippen LogP contribution in [0, 0.1) is 29.4 Å². The quantitative estimate of drug-likeness (QED) is 0.518. The molecule has 1 unspecified atom stereocenters. The van der Waals surface area contributed by atoms with Crippen LogP contribution in [0.3, 0.4) is 0 Å². The van der Waals surface area contributed by atoms with Crippen molar-refractivity contribution < 1.29 is 31.5 Å². The van der Waals surface area contributed by atoms with E-state index in [-0.39, 0.29) is 43.3 Å². The van der Waals surface area contributed by atoms with E-state index in [9.17, 15) is 31.5 Å². The molecule has 5 nitrogen and oxygen atoms in total. The second kappa shape index (κ2) is 8.11. The Morgan fingerprint density at radius 3 is 2.52 bits per heavy atom. The minimum Gasteiger partial charge on any atom is -0.353 e. The molecule has 2 atom stereocenters. The molecule has 4 rings (SSSR count). The minimum absolute atomic E-state index is 0.0276.